The number of halogens is 3. The Morgan fingerprint density at radius 2 is 1.52 bits per heavy atom. The number of hydrogen-bond acceptors (Lipinski definition) is 4. The molecule has 0 fully saturated rings. The van der Waals surface area contributed by atoms with Crippen molar-refractivity contribution in [1.82, 2.24) is 10.2 Å². The Morgan fingerprint density at radius 1 is 0.929 bits per heavy atom. The van der Waals surface area contributed by atoms with E-state index in [1.807, 2.05) is 51.1 Å². The van der Waals surface area contributed by atoms with Crippen molar-refractivity contribution in [2.75, 3.05) is 17.1 Å². The molecule has 0 radical (unpaired) electrons. The first kappa shape index (κ1) is 33.4. The molecular formula is C31H36Cl2FN3O4S. The summed E-state index contributed by atoms with van der Waals surface area (Å²) < 4.78 is 39.6. The number of nitrogens with zero attached hydrogens (tertiary/aromatic N) is 2. The highest BCUT2D eigenvalue weighted by Gasteiger charge is 2.33. The number of hydrogen-bond donors (Lipinski definition) is 1. The second-order valence-corrected chi connectivity index (χ2v) is 13.8. The highest BCUT2D eigenvalue weighted by Crippen LogP contribution is 2.28. The van der Waals surface area contributed by atoms with E-state index in [2.05, 4.69) is 5.32 Å². The maximum Gasteiger partial charge on any atom is 0.243 e. The first-order chi connectivity index (χ1) is 19.7. The van der Waals surface area contributed by atoms with Gasteiger partial charge >= 0.3 is 0 Å². The molecule has 11 heteroatoms. The molecule has 0 saturated heterocycles. The van der Waals surface area contributed by atoms with Crippen molar-refractivity contribution in [3.05, 3.63) is 99.8 Å². The molecule has 7 nitrogen and oxygen atoms in total. The molecule has 0 aliphatic carbocycles. The summed E-state index contributed by atoms with van der Waals surface area (Å²) in [5.74, 6) is -1.20. The Balaban J connectivity index is 1.94. The molecule has 3 aromatic rings. The minimum atomic E-state index is -3.71. The zero-order valence-electron chi connectivity index (χ0n) is 24.1. The average Bonchev–Trinajstić information content (AvgIpc) is 2.89. The normalized spacial score (nSPS) is 12.5. The van der Waals surface area contributed by atoms with Crippen LogP contribution in [0.1, 0.15) is 44.7 Å². The number of sulfonamides is 1. The van der Waals surface area contributed by atoms with Crippen LogP contribution in [0, 0.1) is 5.82 Å². The van der Waals surface area contributed by atoms with Crippen molar-refractivity contribution in [2.45, 2.75) is 58.2 Å². The molecule has 0 bridgehead atoms. The Kier molecular flexibility index (Phi) is 11.4. The molecule has 3 rings (SSSR count). The van der Waals surface area contributed by atoms with Crippen LogP contribution in [0.15, 0.2) is 72.8 Å². The molecule has 0 spiro atoms. The van der Waals surface area contributed by atoms with Crippen LogP contribution < -0.4 is 9.62 Å². The van der Waals surface area contributed by atoms with Crippen LogP contribution in [-0.4, -0.2) is 49.5 Å². The van der Waals surface area contributed by atoms with E-state index in [-0.39, 0.29) is 49.9 Å². The van der Waals surface area contributed by atoms with Gasteiger partial charge in [0.2, 0.25) is 21.8 Å². The van der Waals surface area contributed by atoms with Gasteiger partial charge in [0.05, 0.1) is 11.9 Å². The summed E-state index contributed by atoms with van der Waals surface area (Å²) in [7, 11) is -3.71. The molecule has 1 atom stereocenters. The Morgan fingerprint density at radius 3 is 2.07 bits per heavy atom. The van der Waals surface area contributed by atoms with Crippen molar-refractivity contribution in [3.63, 3.8) is 0 Å². The lowest BCUT2D eigenvalue weighted by Crippen LogP contribution is -2.54. The predicted molar refractivity (Wildman–Crippen MR) is 167 cm³/mol. The fourth-order valence-electron chi connectivity index (χ4n) is 4.47. The predicted octanol–water partition coefficient (Wildman–Crippen LogP) is 6.23. The average molecular weight is 637 g/mol. The molecule has 1 N–H and O–H groups in total. The Hall–Kier alpha value is -3.14. The fraction of sp³-hybridized carbons (Fsp3) is 0.355. The standard InChI is InChI=1S/C31H36Cl2FN3O4S/c1-31(2,3)35-30(39)28(20-22-10-6-5-7-11-22)36(21-25-26(32)12-8-13-27(25)33)29(38)14-9-19-37(42(4,40)41)24-17-15-23(34)16-18-24/h5-8,10-13,15-18,28H,9,14,19-21H2,1-4H3,(H,35,39). The van der Waals surface area contributed by atoms with Gasteiger partial charge in [-0.3, -0.25) is 13.9 Å². The first-order valence-electron chi connectivity index (χ1n) is 13.5. The molecule has 0 aromatic heterocycles. The van der Waals surface area contributed by atoms with Crippen molar-refractivity contribution >= 4 is 50.7 Å². The lowest BCUT2D eigenvalue weighted by atomic mass is 10.00. The number of nitrogens with one attached hydrogen (secondary N) is 1. The quantitative estimate of drug-likeness (QED) is 0.255. The van der Waals surface area contributed by atoms with Crippen LogP contribution in [-0.2, 0) is 32.6 Å². The number of benzene rings is 3. The van der Waals surface area contributed by atoms with Gasteiger partial charge in [-0.2, -0.15) is 0 Å². The second-order valence-electron chi connectivity index (χ2n) is 11.1. The lowest BCUT2D eigenvalue weighted by Gasteiger charge is -2.34. The van der Waals surface area contributed by atoms with Crippen molar-refractivity contribution in [3.8, 4) is 0 Å². The van der Waals surface area contributed by atoms with Gasteiger partial charge in [0.25, 0.3) is 0 Å². The molecule has 2 amide bonds. The van der Waals surface area contributed by atoms with E-state index in [4.69, 9.17) is 23.2 Å². The minimum Gasteiger partial charge on any atom is -0.350 e. The number of rotatable bonds is 12. The molecule has 42 heavy (non-hydrogen) atoms. The van der Waals surface area contributed by atoms with Gasteiger partial charge in [0, 0.05) is 47.1 Å². The van der Waals surface area contributed by atoms with Gasteiger partial charge in [0.15, 0.2) is 0 Å². The summed E-state index contributed by atoms with van der Waals surface area (Å²) in [5.41, 5.74) is 1.08. The molecule has 226 valence electrons. The molecule has 0 saturated carbocycles. The highest BCUT2D eigenvalue weighted by molar-refractivity contribution is 7.92. The van der Waals surface area contributed by atoms with Crippen LogP contribution in [0.5, 0.6) is 0 Å². The van der Waals surface area contributed by atoms with E-state index in [1.54, 1.807) is 18.2 Å². The van der Waals surface area contributed by atoms with Crippen LogP contribution in [0.3, 0.4) is 0 Å². The molecule has 3 aromatic carbocycles. The zero-order chi connectivity index (χ0) is 31.1. The van der Waals surface area contributed by atoms with Gasteiger partial charge < -0.3 is 10.2 Å². The smallest absolute Gasteiger partial charge is 0.243 e. The first-order valence-corrected chi connectivity index (χ1v) is 16.1. The van der Waals surface area contributed by atoms with Crippen molar-refractivity contribution in [1.29, 1.82) is 0 Å². The highest BCUT2D eigenvalue weighted by atomic mass is 35.5. The summed E-state index contributed by atoms with van der Waals surface area (Å²) in [4.78, 5) is 29.1. The lowest BCUT2D eigenvalue weighted by molar-refractivity contribution is -0.142. The number of carbonyl (C=O) groups is 2. The largest absolute Gasteiger partial charge is 0.350 e. The van der Waals surface area contributed by atoms with Crippen molar-refractivity contribution < 1.29 is 22.4 Å². The van der Waals surface area contributed by atoms with Crippen molar-refractivity contribution in [2.24, 2.45) is 0 Å². The molecule has 0 aliphatic rings. The van der Waals surface area contributed by atoms with Crippen LogP contribution in [0.4, 0.5) is 10.1 Å². The molecule has 0 heterocycles. The third-order valence-electron chi connectivity index (χ3n) is 6.43. The van der Waals surface area contributed by atoms with Crippen LogP contribution in [0.25, 0.3) is 0 Å². The van der Waals surface area contributed by atoms with E-state index < -0.39 is 27.4 Å². The maximum atomic E-state index is 13.9. The number of carbonyl (C=O) groups excluding carboxylic acids is 2. The molecule has 0 aliphatic heterocycles. The summed E-state index contributed by atoms with van der Waals surface area (Å²) in [6, 6.07) is 18.6. The van der Waals surface area contributed by atoms with Gasteiger partial charge in [-0.05, 0) is 69.2 Å². The minimum absolute atomic E-state index is 0.0194. The summed E-state index contributed by atoms with van der Waals surface area (Å²) in [6.07, 6.45) is 1.37. The summed E-state index contributed by atoms with van der Waals surface area (Å²) in [6.45, 7) is 5.53. The van der Waals surface area contributed by atoms with E-state index in [0.29, 0.717) is 15.6 Å². The monoisotopic (exact) mass is 635 g/mol. The second kappa shape index (κ2) is 14.4. The van der Waals surface area contributed by atoms with Gasteiger partial charge in [0.1, 0.15) is 11.9 Å². The summed E-state index contributed by atoms with van der Waals surface area (Å²) >= 11 is 13.0. The van der Waals surface area contributed by atoms with Gasteiger partial charge in [-0.25, -0.2) is 12.8 Å². The third-order valence-corrected chi connectivity index (χ3v) is 8.33. The maximum absolute atomic E-state index is 13.9. The molecule has 1 unspecified atom stereocenters. The summed E-state index contributed by atoms with van der Waals surface area (Å²) in [5, 5.41) is 3.71. The number of anilines is 1. The van der Waals surface area contributed by atoms with E-state index >= 15 is 0 Å². The number of amides is 2. The van der Waals surface area contributed by atoms with E-state index in [0.717, 1.165) is 16.1 Å². The third kappa shape index (κ3) is 9.71. The Bertz CT molecular complexity index is 1460. The van der Waals surface area contributed by atoms with Crippen LogP contribution >= 0.6 is 23.2 Å². The zero-order valence-corrected chi connectivity index (χ0v) is 26.4. The van der Waals surface area contributed by atoms with Gasteiger partial charge in [-0.1, -0.05) is 59.6 Å². The molecular weight excluding hydrogens is 600 g/mol. The van der Waals surface area contributed by atoms with E-state index in [9.17, 15) is 22.4 Å². The Labute approximate surface area is 257 Å². The fourth-order valence-corrected chi connectivity index (χ4v) is 5.95. The topological polar surface area (TPSA) is 86.8 Å². The van der Waals surface area contributed by atoms with Crippen LogP contribution in [0.2, 0.25) is 10.0 Å². The van der Waals surface area contributed by atoms with E-state index in [1.165, 1.54) is 29.2 Å². The SMILES string of the molecule is CC(C)(C)NC(=O)C(Cc1ccccc1)N(Cc1c(Cl)cccc1Cl)C(=O)CCCN(c1ccc(F)cc1)S(C)(=O)=O. The van der Waals surface area contributed by atoms with Gasteiger partial charge in [-0.15, -0.1) is 0 Å².